The van der Waals surface area contributed by atoms with Crippen molar-refractivity contribution >= 4 is 11.4 Å². The molecule has 0 bridgehead atoms. The van der Waals surface area contributed by atoms with Crippen LogP contribution in [0.15, 0.2) is 53.7 Å². The number of methoxy groups -OCH3 is 1. The van der Waals surface area contributed by atoms with Gasteiger partial charge in [-0.3, -0.25) is 9.98 Å². The van der Waals surface area contributed by atoms with Crippen LogP contribution in [0.4, 0.5) is 5.69 Å². The van der Waals surface area contributed by atoms with Crippen molar-refractivity contribution in [2.45, 2.75) is 6.92 Å². The summed E-state index contributed by atoms with van der Waals surface area (Å²) in [4.78, 5) is 8.77. The molecule has 86 valence electrons. The fourth-order valence-electron chi connectivity index (χ4n) is 1.51. The Morgan fingerprint density at radius 2 is 2.06 bits per heavy atom. The second kappa shape index (κ2) is 5.25. The van der Waals surface area contributed by atoms with Crippen LogP contribution >= 0.6 is 0 Å². The van der Waals surface area contributed by atoms with Gasteiger partial charge in [-0.1, -0.05) is 12.1 Å². The summed E-state index contributed by atoms with van der Waals surface area (Å²) in [7, 11) is 1.65. The zero-order chi connectivity index (χ0) is 12.1. The molecule has 3 heteroatoms. The summed E-state index contributed by atoms with van der Waals surface area (Å²) in [6, 6.07) is 13.4. The van der Waals surface area contributed by atoms with Crippen molar-refractivity contribution in [1.82, 2.24) is 4.98 Å². The van der Waals surface area contributed by atoms with Crippen LogP contribution in [0.1, 0.15) is 12.6 Å². The molecular weight excluding hydrogens is 212 g/mol. The molecule has 0 aliphatic rings. The Labute approximate surface area is 101 Å². The van der Waals surface area contributed by atoms with Crippen LogP contribution in [-0.2, 0) is 0 Å². The fourth-order valence-corrected chi connectivity index (χ4v) is 1.51. The molecule has 1 aromatic heterocycles. The van der Waals surface area contributed by atoms with E-state index in [1.54, 1.807) is 13.3 Å². The zero-order valence-electron chi connectivity index (χ0n) is 9.92. The maximum Gasteiger partial charge on any atom is 0.121 e. The van der Waals surface area contributed by atoms with Gasteiger partial charge >= 0.3 is 0 Å². The summed E-state index contributed by atoms with van der Waals surface area (Å²) < 4.78 is 5.16. The fraction of sp³-hybridized carbons (Fsp3) is 0.143. The molecule has 0 atom stereocenters. The lowest BCUT2D eigenvalue weighted by atomic mass is 10.2. The van der Waals surface area contributed by atoms with Crippen LogP contribution in [0, 0.1) is 0 Å². The summed E-state index contributed by atoms with van der Waals surface area (Å²) in [6.45, 7) is 1.95. The molecule has 0 saturated carbocycles. The highest BCUT2D eigenvalue weighted by Crippen LogP contribution is 2.20. The van der Waals surface area contributed by atoms with Crippen molar-refractivity contribution in [2.24, 2.45) is 4.99 Å². The Bertz CT molecular complexity index is 521. The second-order valence-electron chi connectivity index (χ2n) is 3.61. The summed E-state index contributed by atoms with van der Waals surface area (Å²) in [6.07, 6.45) is 1.76. The second-order valence-corrected chi connectivity index (χ2v) is 3.61. The number of benzene rings is 1. The van der Waals surface area contributed by atoms with Crippen molar-refractivity contribution < 1.29 is 4.74 Å². The minimum absolute atomic E-state index is 0.806. The van der Waals surface area contributed by atoms with Gasteiger partial charge in [-0.15, -0.1) is 0 Å². The molecule has 0 saturated heterocycles. The number of rotatable bonds is 3. The largest absolute Gasteiger partial charge is 0.497 e. The number of aromatic nitrogens is 1. The van der Waals surface area contributed by atoms with E-state index in [0.717, 1.165) is 22.8 Å². The normalized spacial score (nSPS) is 11.3. The topological polar surface area (TPSA) is 34.5 Å². The van der Waals surface area contributed by atoms with Gasteiger partial charge < -0.3 is 4.74 Å². The lowest BCUT2D eigenvalue weighted by Gasteiger charge is -2.02. The summed E-state index contributed by atoms with van der Waals surface area (Å²) in [5.74, 6) is 0.806. The first kappa shape index (κ1) is 11.3. The minimum Gasteiger partial charge on any atom is -0.497 e. The van der Waals surface area contributed by atoms with Gasteiger partial charge in [-0.05, 0) is 31.2 Å². The molecule has 17 heavy (non-hydrogen) atoms. The number of ether oxygens (including phenoxy) is 1. The van der Waals surface area contributed by atoms with Crippen LogP contribution in [0.2, 0.25) is 0 Å². The molecule has 0 aliphatic carbocycles. The molecule has 0 N–H and O–H groups in total. The summed E-state index contributed by atoms with van der Waals surface area (Å²) in [5, 5.41) is 0. The third kappa shape index (κ3) is 2.91. The Hall–Kier alpha value is -2.16. The molecule has 0 fully saturated rings. The van der Waals surface area contributed by atoms with E-state index in [1.165, 1.54) is 0 Å². The Balaban J connectivity index is 2.29. The van der Waals surface area contributed by atoms with Gasteiger partial charge in [0.1, 0.15) is 5.75 Å². The van der Waals surface area contributed by atoms with E-state index in [-0.39, 0.29) is 0 Å². The highest BCUT2D eigenvalue weighted by molar-refractivity contribution is 5.98. The van der Waals surface area contributed by atoms with E-state index in [4.69, 9.17) is 4.74 Å². The van der Waals surface area contributed by atoms with Crippen LogP contribution in [0.3, 0.4) is 0 Å². The van der Waals surface area contributed by atoms with Gasteiger partial charge in [0.05, 0.1) is 24.2 Å². The van der Waals surface area contributed by atoms with Crippen LogP contribution in [0.25, 0.3) is 0 Å². The van der Waals surface area contributed by atoms with Gasteiger partial charge in [0.15, 0.2) is 0 Å². The molecular formula is C14H14N2O. The highest BCUT2D eigenvalue weighted by atomic mass is 16.5. The molecule has 2 aromatic rings. The number of aliphatic imine (C=N–C) groups is 1. The van der Waals surface area contributed by atoms with Crippen LogP contribution in [-0.4, -0.2) is 17.8 Å². The van der Waals surface area contributed by atoms with E-state index in [9.17, 15) is 0 Å². The van der Waals surface area contributed by atoms with Crippen LogP contribution in [0.5, 0.6) is 5.75 Å². The molecule has 0 unspecified atom stereocenters. The third-order valence-corrected chi connectivity index (χ3v) is 2.39. The predicted molar refractivity (Wildman–Crippen MR) is 69.1 cm³/mol. The minimum atomic E-state index is 0.806. The lowest BCUT2D eigenvalue weighted by Crippen LogP contribution is -1.96. The van der Waals surface area contributed by atoms with Gasteiger partial charge in [0, 0.05) is 12.3 Å². The summed E-state index contributed by atoms with van der Waals surface area (Å²) >= 11 is 0. The van der Waals surface area contributed by atoms with Gasteiger partial charge in [-0.2, -0.15) is 0 Å². The average Bonchev–Trinajstić information content (AvgIpc) is 2.40. The molecule has 0 radical (unpaired) electrons. The van der Waals surface area contributed by atoms with Gasteiger partial charge in [-0.25, -0.2) is 0 Å². The first-order valence-electron chi connectivity index (χ1n) is 5.40. The first-order chi connectivity index (χ1) is 8.29. The van der Waals surface area contributed by atoms with Crippen molar-refractivity contribution in [3.05, 3.63) is 54.4 Å². The number of nitrogens with zero attached hydrogens (tertiary/aromatic N) is 2. The maximum atomic E-state index is 5.16. The number of pyridine rings is 1. The number of hydrogen-bond donors (Lipinski definition) is 0. The standard InChI is InChI=1S/C14H14N2O/c1-11(14-8-3-4-9-15-14)16-12-6-5-7-13(10-12)17-2/h3-10H,1-2H3. The molecule has 0 amide bonds. The Morgan fingerprint density at radius 3 is 2.76 bits per heavy atom. The van der Waals surface area contributed by atoms with Crippen molar-refractivity contribution in [3.8, 4) is 5.75 Å². The maximum absolute atomic E-state index is 5.16. The third-order valence-electron chi connectivity index (χ3n) is 2.39. The summed E-state index contributed by atoms with van der Waals surface area (Å²) in [5.41, 5.74) is 2.64. The van der Waals surface area contributed by atoms with Crippen molar-refractivity contribution in [2.75, 3.05) is 7.11 Å². The SMILES string of the molecule is COc1cccc(N=C(C)c2ccccn2)c1. The molecule has 1 aromatic carbocycles. The monoisotopic (exact) mass is 226 g/mol. The van der Waals surface area contributed by atoms with Crippen molar-refractivity contribution in [1.29, 1.82) is 0 Å². The van der Waals surface area contributed by atoms with E-state index in [2.05, 4.69) is 9.98 Å². The molecule has 3 nitrogen and oxygen atoms in total. The quantitative estimate of drug-likeness (QED) is 0.753. The van der Waals surface area contributed by atoms with E-state index in [1.807, 2.05) is 49.4 Å². The van der Waals surface area contributed by atoms with Crippen molar-refractivity contribution in [3.63, 3.8) is 0 Å². The predicted octanol–water partition coefficient (Wildman–Crippen LogP) is 3.23. The van der Waals surface area contributed by atoms with E-state index >= 15 is 0 Å². The number of hydrogen-bond acceptors (Lipinski definition) is 3. The molecule has 2 rings (SSSR count). The molecule has 0 spiro atoms. The Kier molecular flexibility index (Phi) is 3.50. The first-order valence-corrected chi connectivity index (χ1v) is 5.40. The average molecular weight is 226 g/mol. The molecule has 1 heterocycles. The Morgan fingerprint density at radius 1 is 1.18 bits per heavy atom. The molecule has 0 aliphatic heterocycles. The van der Waals surface area contributed by atoms with Gasteiger partial charge in [0.2, 0.25) is 0 Å². The van der Waals surface area contributed by atoms with Gasteiger partial charge in [0.25, 0.3) is 0 Å². The zero-order valence-corrected chi connectivity index (χ0v) is 9.92. The van der Waals surface area contributed by atoms with Crippen LogP contribution < -0.4 is 4.74 Å². The lowest BCUT2D eigenvalue weighted by molar-refractivity contribution is 0.415. The van der Waals surface area contributed by atoms with E-state index in [0.29, 0.717) is 0 Å². The highest BCUT2D eigenvalue weighted by Gasteiger charge is 1.99. The van der Waals surface area contributed by atoms with E-state index < -0.39 is 0 Å². The smallest absolute Gasteiger partial charge is 0.121 e.